The topological polar surface area (TPSA) is 66.8 Å². The predicted octanol–water partition coefficient (Wildman–Crippen LogP) is 0.347. The molecule has 2 rings (SSSR count). The molecular formula is C11H13F2NO4S. The van der Waals surface area contributed by atoms with Crippen molar-refractivity contribution in [2.75, 3.05) is 26.4 Å². The van der Waals surface area contributed by atoms with E-state index >= 15 is 0 Å². The van der Waals surface area contributed by atoms with Crippen LogP contribution in [0.2, 0.25) is 0 Å². The molecule has 1 unspecified atom stereocenters. The van der Waals surface area contributed by atoms with Crippen molar-refractivity contribution in [3.05, 3.63) is 29.8 Å². The first kappa shape index (κ1) is 14.3. The Balaban J connectivity index is 2.40. The number of aliphatic hydroxyl groups is 1. The normalized spacial score (nSPS) is 21.5. The van der Waals surface area contributed by atoms with E-state index in [0.29, 0.717) is 6.07 Å². The molecule has 1 aliphatic rings. The molecule has 0 aliphatic carbocycles. The molecule has 0 saturated carbocycles. The SMILES string of the molecule is O=S(=O)(c1cc(F)cc(F)c1)N1CCOCC1CO. The second-order valence-corrected chi connectivity index (χ2v) is 6.02. The van der Waals surface area contributed by atoms with Crippen LogP contribution in [0.5, 0.6) is 0 Å². The maximum absolute atomic E-state index is 13.1. The average Bonchev–Trinajstić information content (AvgIpc) is 2.37. The molecule has 1 aromatic rings. The van der Waals surface area contributed by atoms with Gasteiger partial charge >= 0.3 is 0 Å². The number of hydrogen-bond acceptors (Lipinski definition) is 4. The van der Waals surface area contributed by atoms with Gasteiger partial charge in [-0.25, -0.2) is 17.2 Å². The first-order valence-electron chi connectivity index (χ1n) is 5.61. The van der Waals surface area contributed by atoms with E-state index in [-0.39, 0.29) is 19.8 Å². The van der Waals surface area contributed by atoms with Crippen molar-refractivity contribution in [3.63, 3.8) is 0 Å². The highest BCUT2D eigenvalue weighted by molar-refractivity contribution is 7.89. The van der Waals surface area contributed by atoms with Crippen LogP contribution in [0.4, 0.5) is 8.78 Å². The molecule has 1 atom stereocenters. The highest BCUT2D eigenvalue weighted by atomic mass is 32.2. The molecule has 1 aromatic carbocycles. The summed E-state index contributed by atoms with van der Waals surface area (Å²) in [5.41, 5.74) is 0. The maximum atomic E-state index is 13.1. The summed E-state index contributed by atoms with van der Waals surface area (Å²) in [7, 11) is -4.05. The van der Waals surface area contributed by atoms with Gasteiger partial charge in [0.2, 0.25) is 10.0 Å². The Labute approximate surface area is 109 Å². The number of ether oxygens (including phenoxy) is 1. The molecule has 0 radical (unpaired) electrons. The highest BCUT2D eigenvalue weighted by Crippen LogP contribution is 2.22. The van der Waals surface area contributed by atoms with Gasteiger partial charge in [0.25, 0.3) is 0 Å². The predicted molar refractivity (Wildman–Crippen MR) is 61.9 cm³/mol. The van der Waals surface area contributed by atoms with E-state index in [9.17, 15) is 17.2 Å². The van der Waals surface area contributed by atoms with Gasteiger partial charge in [-0.05, 0) is 12.1 Å². The van der Waals surface area contributed by atoms with Crippen LogP contribution in [-0.2, 0) is 14.8 Å². The number of aliphatic hydroxyl groups excluding tert-OH is 1. The Bertz CT molecular complexity index is 544. The van der Waals surface area contributed by atoms with Crippen molar-refractivity contribution in [1.82, 2.24) is 4.31 Å². The van der Waals surface area contributed by atoms with Gasteiger partial charge < -0.3 is 9.84 Å². The van der Waals surface area contributed by atoms with E-state index < -0.39 is 39.2 Å². The second-order valence-electron chi connectivity index (χ2n) is 4.13. The van der Waals surface area contributed by atoms with Gasteiger partial charge in [-0.2, -0.15) is 4.31 Å². The number of sulfonamides is 1. The largest absolute Gasteiger partial charge is 0.395 e. The lowest BCUT2D eigenvalue weighted by Crippen LogP contribution is -2.50. The smallest absolute Gasteiger partial charge is 0.243 e. The van der Waals surface area contributed by atoms with Gasteiger partial charge in [0.05, 0.1) is 30.8 Å². The van der Waals surface area contributed by atoms with Crippen molar-refractivity contribution in [2.45, 2.75) is 10.9 Å². The van der Waals surface area contributed by atoms with Crippen LogP contribution in [-0.4, -0.2) is 50.2 Å². The van der Waals surface area contributed by atoms with Gasteiger partial charge in [0, 0.05) is 12.6 Å². The summed E-state index contributed by atoms with van der Waals surface area (Å²) in [4.78, 5) is -0.467. The molecular weight excluding hydrogens is 280 g/mol. The van der Waals surface area contributed by atoms with Crippen LogP contribution < -0.4 is 0 Å². The lowest BCUT2D eigenvalue weighted by molar-refractivity contribution is 0.0109. The Morgan fingerprint density at radius 3 is 2.53 bits per heavy atom. The van der Waals surface area contributed by atoms with Crippen molar-refractivity contribution in [2.24, 2.45) is 0 Å². The Morgan fingerprint density at radius 2 is 1.95 bits per heavy atom. The molecule has 1 N–H and O–H groups in total. The molecule has 8 heteroatoms. The monoisotopic (exact) mass is 293 g/mol. The molecule has 0 amide bonds. The summed E-state index contributed by atoms with van der Waals surface area (Å²) in [5, 5.41) is 9.15. The Hall–Kier alpha value is -1.09. The van der Waals surface area contributed by atoms with E-state index in [4.69, 9.17) is 9.84 Å². The zero-order chi connectivity index (χ0) is 14.0. The summed E-state index contributed by atoms with van der Waals surface area (Å²) >= 11 is 0. The number of benzene rings is 1. The van der Waals surface area contributed by atoms with E-state index in [1.165, 1.54) is 0 Å². The van der Waals surface area contributed by atoms with Crippen molar-refractivity contribution in [1.29, 1.82) is 0 Å². The van der Waals surface area contributed by atoms with Crippen LogP contribution in [0.3, 0.4) is 0 Å². The first-order chi connectivity index (χ1) is 8.95. The minimum atomic E-state index is -4.05. The maximum Gasteiger partial charge on any atom is 0.243 e. The lowest BCUT2D eigenvalue weighted by atomic mass is 10.3. The van der Waals surface area contributed by atoms with Gasteiger partial charge in [-0.1, -0.05) is 0 Å². The molecule has 0 bridgehead atoms. The van der Waals surface area contributed by atoms with E-state index in [1.54, 1.807) is 0 Å². The van der Waals surface area contributed by atoms with Gasteiger partial charge in [-0.15, -0.1) is 0 Å². The molecule has 5 nitrogen and oxygen atoms in total. The number of hydrogen-bond donors (Lipinski definition) is 1. The quantitative estimate of drug-likeness (QED) is 0.873. The third kappa shape index (κ3) is 2.92. The molecule has 1 fully saturated rings. The third-order valence-corrected chi connectivity index (χ3v) is 4.76. The van der Waals surface area contributed by atoms with Crippen LogP contribution in [0.15, 0.2) is 23.1 Å². The number of morpholine rings is 1. The summed E-state index contributed by atoms with van der Waals surface area (Å²) < 4.78 is 56.9. The van der Waals surface area contributed by atoms with Gasteiger partial charge in [0.1, 0.15) is 11.6 Å². The lowest BCUT2D eigenvalue weighted by Gasteiger charge is -2.33. The third-order valence-electron chi connectivity index (χ3n) is 2.83. The van der Waals surface area contributed by atoms with E-state index in [1.807, 2.05) is 0 Å². The highest BCUT2D eigenvalue weighted by Gasteiger charge is 2.34. The van der Waals surface area contributed by atoms with Gasteiger partial charge in [0.15, 0.2) is 0 Å². The van der Waals surface area contributed by atoms with Crippen molar-refractivity contribution in [3.8, 4) is 0 Å². The summed E-state index contributed by atoms with van der Waals surface area (Å²) in [6, 6.07) is 1.36. The molecule has 1 saturated heterocycles. The standard InChI is InChI=1S/C11H13F2NO4S/c12-8-3-9(13)5-11(4-8)19(16,17)14-1-2-18-7-10(14)6-15/h3-5,10,15H,1-2,6-7H2. The zero-order valence-corrected chi connectivity index (χ0v) is 10.7. The molecule has 1 aliphatic heterocycles. The number of halogens is 2. The minimum Gasteiger partial charge on any atom is -0.395 e. The van der Waals surface area contributed by atoms with Crippen LogP contribution in [0.25, 0.3) is 0 Å². The molecule has 0 aromatic heterocycles. The fourth-order valence-electron chi connectivity index (χ4n) is 1.91. The number of rotatable bonds is 3. The zero-order valence-electron chi connectivity index (χ0n) is 9.92. The molecule has 0 spiro atoms. The van der Waals surface area contributed by atoms with Crippen molar-refractivity contribution >= 4 is 10.0 Å². The summed E-state index contributed by atoms with van der Waals surface area (Å²) in [6.45, 7) is -0.163. The summed E-state index contributed by atoms with van der Waals surface area (Å²) in [5.74, 6) is -1.93. The average molecular weight is 293 g/mol. The number of nitrogens with zero attached hydrogens (tertiary/aromatic N) is 1. The molecule has 1 heterocycles. The Morgan fingerprint density at radius 1 is 1.32 bits per heavy atom. The Kier molecular flexibility index (Phi) is 4.14. The molecule has 106 valence electrons. The fourth-order valence-corrected chi connectivity index (χ4v) is 3.54. The molecule has 19 heavy (non-hydrogen) atoms. The van der Waals surface area contributed by atoms with Gasteiger partial charge in [-0.3, -0.25) is 0 Å². The van der Waals surface area contributed by atoms with Crippen LogP contribution in [0.1, 0.15) is 0 Å². The van der Waals surface area contributed by atoms with E-state index in [0.717, 1.165) is 16.4 Å². The fraction of sp³-hybridized carbons (Fsp3) is 0.455. The van der Waals surface area contributed by atoms with Crippen LogP contribution in [0, 0.1) is 11.6 Å². The van der Waals surface area contributed by atoms with Crippen molar-refractivity contribution < 1.29 is 27.0 Å². The van der Waals surface area contributed by atoms with E-state index in [2.05, 4.69) is 0 Å². The second kappa shape index (κ2) is 5.49. The van der Waals surface area contributed by atoms with Crippen LogP contribution >= 0.6 is 0 Å². The first-order valence-corrected chi connectivity index (χ1v) is 7.05. The minimum absolute atomic E-state index is 0.0334. The summed E-state index contributed by atoms with van der Waals surface area (Å²) in [6.07, 6.45) is 0.